The van der Waals surface area contributed by atoms with Crippen molar-refractivity contribution in [1.29, 1.82) is 0 Å². The lowest BCUT2D eigenvalue weighted by molar-refractivity contribution is -0.152. The third-order valence-corrected chi connectivity index (χ3v) is 4.11. The van der Waals surface area contributed by atoms with Crippen LogP contribution in [0.1, 0.15) is 11.8 Å². The van der Waals surface area contributed by atoms with Crippen molar-refractivity contribution in [2.75, 3.05) is 12.4 Å². The standard InChI is InChI=1S/C16H16ClNO4S/c1-10(22-15(19)9-12-4-3-7-23-12)16(20)18-13-8-11(17)5-6-14(13)21-2/h3-8,10H,9H2,1-2H3,(H,18,20)/t10-/m0/s1. The van der Waals surface area contributed by atoms with E-state index in [0.29, 0.717) is 16.5 Å². The Morgan fingerprint density at radius 3 is 2.78 bits per heavy atom. The molecular formula is C16H16ClNO4S. The van der Waals surface area contributed by atoms with Gasteiger partial charge < -0.3 is 14.8 Å². The van der Waals surface area contributed by atoms with Crippen LogP contribution < -0.4 is 10.1 Å². The summed E-state index contributed by atoms with van der Waals surface area (Å²) in [5.41, 5.74) is 0.422. The molecule has 2 rings (SSSR count). The predicted octanol–water partition coefficient (Wildman–Crippen LogP) is 3.52. The van der Waals surface area contributed by atoms with Gasteiger partial charge in [-0.3, -0.25) is 9.59 Å². The number of methoxy groups -OCH3 is 1. The van der Waals surface area contributed by atoms with Crippen LogP contribution in [0.3, 0.4) is 0 Å². The number of rotatable bonds is 6. The number of thiophene rings is 1. The molecule has 122 valence electrons. The van der Waals surface area contributed by atoms with E-state index in [-0.39, 0.29) is 6.42 Å². The molecule has 0 saturated carbocycles. The number of hydrogen-bond acceptors (Lipinski definition) is 5. The third-order valence-electron chi connectivity index (χ3n) is 3.00. The van der Waals surface area contributed by atoms with Crippen LogP contribution in [0.2, 0.25) is 5.02 Å². The van der Waals surface area contributed by atoms with E-state index >= 15 is 0 Å². The van der Waals surface area contributed by atoms with Gasteiger partial charge in [0, 0.05) is 9.90 Å². The van der Waals surface area contributed by atoms with Gasteiger partial charge in [0.2, 0.25) is 0 Å². The normalized spacial score (nSPS) is 11.6. The molecule has 1 N–H and O–H groups in total. The Morgan fingerprint density at radius 2 is 2.13 bits per heavy atom. The van der Waals surface area contributed by atoms with Crippen LogP contribution in [0.25, 0.3) is 0 Å². The molecule has 1 atom stereocenters. The first-order chi connectivity index (χ1) is 11.0. The Bertz CT molecular complexity index is 687. The molecule has 0 saturated heterocycles. The number of amides is 1. The maximum atomic E-state index is 12.1. The van der Waals surface area contributed by atoms with Gasteiger partial charge >= 0.3 is 5.97 Å². The van der Waals surface area contributed by atoms with Crippen molar-refractivity contribution in [2.45, 2.75) is 19.4 Å². The molecule has 0 aliphatic rings. The van der Waals surface area contributed by atoms with E-state index in [1.165, 1.54) is 25.4 Å². The summed E-state index contributed by atoms with van der Waals surface area (Å²) in [5.74, 6) is -0.432. The number of benzene rings is 1. The Morgan fingerprint density at radius 1 is 1.35 bits per heavy atom. The molecule has 0 aliphatic carbocycles. The highest BCUT2D eigenvalue weighted by molar-refractivity contribution is 7.10. The van der Waals surface area contributed by atoms with Gasteiger partial charge in [-0.15, -0.1) is 11.3 Å². The van der Waals surface area contributed by atoms with Gasteiger partial charge in [-0.25, -0.2) is 0 Å². The van der Waals surface area contributed by atoms with Crippen LogP contribution in [0.4, 0.5) is 5.69 Å². The fourth-order valence-corrected chi connectivity index (χ4v) is 2.72. The smallest absolute Gasteiger partial charge is 0.311 e. The number of carbonyl (C=O) groups excluding carboxylic acids is 2. The van der Waals surface area contributed by atoms with Crippen molar-refractivity contribution in [3.63, 3.8) is 0 Å². The quantitative estimate of drug-likeness (QED) is 0.807. The molecule has 1 aromatic carbocycles. The number of anilines is 1. The summed E-state index contributed by atoms with van der Waals surface area (Å²) >= 11 is 7.37. The molecule has 5 nitrogen and oxygen atoms in total. The van der Waals surface area contributed by atoms with Crippen molar-refractivity contribution in [3.8, 4) is 5.75 Å². The van der Waals surface area contributed by atoms with Crippen molar-refractivity contribution < 1.29 is 19.1 Å². The van der Waals surface area contributed by atoms with Crippen LogP contribution in [0.5, 0.6) is 5.75 Å². The fourth-order valence-electron chi connectivity index (χ4n) is 1.86. The summed E-state index contributed by atoms with van der Waals surface area (Å²) < 4.78 is 10.3. The van der Waals surface area contributed by atoms with E-state index in [1.54, 1.807) is 18.2 Å². The summed E-state index contributed by atoms with van der Waals surface area (Å²) in [5, 5.41) is 4.98. The summed E-state index contributed by atoms with van der Waals surface area (Å²) in [6.45, 7) is 1.51. The minimum Gasteiger partial charge on any atom is -0.495 e. The molecule has 0 fully saturated rings. The van der Waals surface area contributed by atoms with Crippen molar-refractivity contribution in [2.24, 2.45) is 0 Å². The Labute approximate surface area is 143 Å². The van der Waals surface area contributed by atoms with Gasteiger partial charge in [-0.1, -0.05) is 17.7 Å². The van der Waals surface area contributed by atoms with Crippen LogP contribution in [0.15, 0.2) is 35.7 Å². The minimum absolute atomic E-state index is 0.149. The highest BCUT2D eigenvalue weighted by Crippen LogP contribution is 2.27. The van der Waals surface area contributed by atoms with E-state index in [0.717, 1.165) is 4.88 Å². The van der Waals surface area contributed by atoms with Gasteiger partial charge in [-0.05, 0) is 36.6 Å². The third kappa shape index (κ3) is 4.97. The SMILES string of the molecule is COc1ccc(Cl)cc1NC(=O)[C@H](C)OC(=O)Cc1cccs1. The highest BCUT2D eigenvalue weighted by atomic mass is 35.5. The zero-order valence-corrected chi connectivity index (χ0v) is 14.2. The first-order valence-corrected chi connectivity index (χ1v) is 8.11. The molecule has 1 heterocycles. The Hall–Kier alpha value is -2.05. The predicted molar refractivity (Wildman–Crippen MR) is 90.2 cm³/mol. The zero-order valence-electron chi connectivity index (χ0n) is 12.7. The van der Waals surface area contributed by atoms with E-state index in [9.17, 15) is 9.59 Å². The topological polar surface area (TPSA) is 64.6 Å². The van der Waals surface area contributed by atoms with Crippen molar-refractivity contribution in [1.82, 2.24) is 0 Å². The molecule has 0 bridgehead atoms. The molecule has 0 spiro atoms. The van der Waals surface area contributed by atoms with E-state index < -0.39 is 18.0 Å². The van der Waals surface area contributed by atoms with E-state index in [1.807, 2.05) is 17.5 Å². The van der Waals surface area contributed by atoms with Crippen LogP contribution in [0, 0.1) is 0 Å². The largest absolute Gasteiger partial charge is 0.495 e. The summed E-state index contributed by atoms with van der Waals surface area (Å²) in [4.78, 5) is 24.8. The lowest BCUT2D eigenvalue weighted by Crippen LogP contribution is -2.30. The molecule has 1 aromatic heterocycles. The van der Waals surface area contributed by atoms with Gasteiger partial charge in [0.15, 0.2) is 6.10 Å². The number of halogens is 1. The van der Waals surface area contributed by atoms with E-state index in [2.05, 4.69) is 5.32 Å². The molecule has 7 heteroatoms. The number of nitrogens with one attached hydrogen (secondary N) is 1. The zero-order chi connectivity index (χ0) is 16.8. The number of ether oxygens (including phenoxy) is 2. The first kappa shape index (κ1) is 17.3. The first-order valence-electron chi connectivity index (χ1n) is 6.86. The molecular weight excluding hydrogens is 338 g/mol. The van der Waals surface area contributed by atoms with Gasteiger partial charge in [-0.2, -0.15) is 0 Å². The minimum atomic E-state index is -0.925. The molecule has 0 aliphatic heterocycles. The monoisotopic (exact) mass is 353 g/mol. The number of carbonyl (C=O) groups is 2. The number of hydrogen-bond donors (Lipinski definition) is 1. The second-order valence-corrected chi connectivity index (χ2v) is 6.19. The Kier molecular flexibility index (Phi) is 6.01. The Balaban J connectivity index is 1.94. The average Bonchev–Trinajstić information content (AvgIpc) is 3.00. The number of esters is 1. The van der Waals surface area contributed by atoms with Crippen LogP contribution in [-0.2, 0) is 20.7 Å². The lowest BCUT2D eigenvalue weighted by Gasteiger charge is -2.15. The van der Waals surface area contributed by atoms with Crippen molar-refractivity contribution >= 4 is 40.5 Å². The van der Waals surface area contributed by atoms with Crippen molar-refractivity contribution in [3.05, 3.63) is 45.6 Å². The van der Waals surface area contributed by atoms with E-state index in [4.69, 9.17) is 21.1 Å². The summed E-state index contributed by atoms with van der Waals surface area (Å²) in [6.07, 6.45) is -0.776. The van der Waals surface area contributed by atoms with Crippen LogP contribution >= 0.6 is 22.9 Å². The lowest BCUT2D eigenvalue weighted by atomic mass is 10.2. The van der Waals surface area contributed by atoms with Crippen LogP contribution in [-0.4, -0.2) is 25.1 Å². The highest BCUT2D eigenvalue weighted by Gasteiger charge is 2.19. The van der Waals surface area contributed by atoms with Gasteiger partial charge in [0.25, 0.3) is 5.91 Å². The molecule has 23 heavy (non-hydrogen) atoms. The fraction of sp³-hybridized carbons (Fsp3) is 0.250. The summed E-state index contributed by atoms with van der Waals surface area (Å²) in [6, 6.07) is 8.56. The second kappa shape index (κ2) is 7.99. The molecule has 1 amide bonds. The maximum Gasteiger partial charge on any atom is 0.311 e. The maximum absolute atomic E-state index is 12.1. The average molecular weight is 354 g/mol. The molecule has 0 radical (unpaired) electrons. The summed E-state index contributed by atoms with van der Waals surface area (Å²) in [7, 11) is 1.49. The molecule has 2 aromatic rings. The van der Waals surface area contributed by atoms with Gasteiger partial charge in [0.1, 0.15) is 5.75 Å². The molecule has 0 unspecified atom stereocenters. The van der Waals surface area contributed by atoms with Gasteiger partial charge in [0.05, 0.1) is 19.2 Å². The second-order valence-electron chi connectivity index (χ2n) is 4.72.